The van der Waals surface area contributed by atoms with Crippen molar-refractivity contribution < 1.29 is 24.1 Å². The summed E-state index contributed by atoms with van der Waals surface area (Å²) in [6.45, 7) is 1.79. The van der Waals surface area contributed by atoms with Gasteiger partial charge in [-0.2, -0.15) is 9.97 Å². The maximum atomic E-state index is 11.0. The summed E-state index contributed by atoms with van der Waals surface area (Å²) < 4.78 is 15.6. The molecule has 1 aromatic carbocycles. The van der Waals surface area contributed by atoms with Gasteiger partial charge in [0.15, 0.2) is 0 Å². The summed E-state index contributed by atoms with van der Waals surface area (Å²) in [5.74, 6) is -0.123. The Kier molecular flexibility index (Phi) is 4.22. The molecule has 0 bridgehead atoms. The number of nitrogens with zero attached hydrogens (tertiary/aromatic N) is 2. The van der Waals surface area contributed by atoms with Crippen LogP contribution in [0.15, 0.2) is 24.3 Å². The quantitative estimate of drug-likeness (QED) is 0.903. The van der Waals surface area contributed by atoms with Crippen molar-refractivity contribution in [3.8, 4) is 23.5 Å². The molecule has 0 radical (unpaired) electrons. The minimum atomic E-state index is -1.04. The molecule has 0 unspecified atom stereocenters. The molecule has 0 spiro atoms. The Hall–Kier alpha value is -2.83. The van der Waals surface area contributed by atoms with Crippen molar-refractivity contribution in [1.29, 1.82) is 0 Å². The number of hydrogen-bond donors (Lipinski definition) is 1. The third-order valence-corrected chi connectivity index (χ3v) is 2.71. The molecule has 1 heterocycles. The molecule has 7 heteroatoms. The molecule has 0 aliphatic rings. The predicted octanol–water partition coefficient (Wildman–Crippen LogP) is 2.29. The molecule has 1 N–H and O–H groups in total. The van der Waals surface area contributed by atoms with Crippen molar-refractivity contribution in [2.24, 2.45) is 0 Å². The molecule has 2 aromatic rings. The Morgan fingerprint density at radius 3 is 2.24 bits per heavy atom. The van der Waals surface area contributed by atoms with Crippen molar-refractivity contribution in [2.75, 3.05) is 14.2 Å². The first-order valence-corrected chi connectivity index (χ1v) is 6.02. The number of benzene rings is 1. The third-order valence-electron chi connectivity index (χ3n) is 2.71. The van der Waals surface area contributed by atoms with Crippen LogP contribution in [0.1, 0.15) is 15.9 Å². The van der Waals surface area contributed by atoms with Crippen LogP contribution < -0.4 is 14.2 Å². The summed E-state index contributed by atoms with van der Waals surface area (Å²) in [5, 5.41) is 9.00. The van der Waals surface area contributed by atoms with Gasteiger partial charge in [-0.25, -0.2) is 4.79 Å². The molecular formula is C14H14N2O5. The maximum Gasteiger partial charge on any atom is 0.335 e. The van der Waals surface area contributed by atoms with E-state index in [1.807, 2.05) is 0 Å². The second-order valence-corrected chi connectivity index (χ2v) is 4.12. The highest BCUT2D eigenvalue weighted by molar-refractivity contribution is 5.88. The van der Waals surface area contributed by atoms with Gasteiger partial charge in [0, 0.05) is 0 Å². The van der Waals surface area contributed by atoms with Crippen LogP contribution in [-0.2, 0) is 0 Å². The van der Waals surface area contributed by atoms with E-state index in [1.165, 1.54) is 32.4 Å². The van der Waals surface area contributed by atoms with Gasteiger partial charge in [-0.1, -0.05) is 6.07 Å². The number of methoxy groups -OCH3 is 2. The van der Waals surface area contributed by atoms with Crippen LogP contribution in [0.2, 0.25) is 0 Å². The van der Waals surface area contributed by atoms with Crippen LogP contribution >= 0.6 is 0 Å². The van der Waals surface area contributed by atoms with E-state index < -0.39 is 5.97 Å². The van der Waals surface area contributed by atoms with E-state index in [1.54, 1.807) is 13.0 Å². The van der Waals surface area contributed by atoms with Gasteiger partial charge in [0.05, 0.1) is 25.8 Å². The molecular weight excluding hydrogens is 276 g/mol. The highest BCUT2D eigenvalue weighted by atomic mass is 16.5. The van der Waals surface area contributed by atoms with Crippen molar-refractivity contribution >= 4 is 5.97 Å². The number of carboxylic acid groups (broad SMARTS) is 1. The summed E-state index contributed by atoms with van der Waals surface area (Å²) >= 11 is 0. The average molecular weight is 290 g/mol. The fourth-order valence-corrected chi connectivity index (χ4v) is 1.58. The number of ether oxygens (including phenoxy) is 3. The van der Waals surface area contributed by atoms with E-state index in [-0.39, 0.29) is 23.3 Å². The number of aryl methyl sites for hydroxylation is 1. The summed E-state index contributed by atoms with van der Waals surface area (Å²) in [7, 11) is 2.92. The topological polar surface area (TPSA) is 90.8 Å². The van der Waals surface area contributed by atoms with Crippen LogP contribution in [0, 0.1) is 6.92 Å². The minimum Gasteiger partial charge on any atom is -0.481 e. The number of carboxylic acids is 1. The van der Waals surface area contributed by atoms with Gasteiger partial charge in [0.2, 0.25) is 11.8 Å². The van der Waals surface area contributed by atoms with E-state index in [4.69, 9.17) is 19.3 Å². The van der Waals surface area contributed by atoms with Crippen molar-refractivity contribution in [3.05, 3.63) is 35.4 Å². The molecule has 0 aliphatic carbocycles. The fourth-order valence-electron chi connectivity index (χ4n) is 1.58. The molecule has 0 saturated heterocycles. The van der Waals surface area contributed by atoms with E-state index in [2.05, 4.69) is 9.97 Å². The van der Waals surface area contributed by atoms with Crippen LogP contribution in [0.4, 0.5) is 0 Å². The zero-order chi connectivity index (χ0) is 15.4. The molecule has 7 nitrogen and oxygen atoms in total. The molecule has 0 saturated carbocycles. The molecule has 0 fully saturated rings. The molecule has 21 heavy (non-hydrogen) atoms. The van der Waals surface area contributed by atoms with E-state index in [9.17, 15) is 4.79 Å². The molecule has 0 atom stereocenters. The van der Waals surface area contributed by atoms with E-state index >= 15 is 0 Å². The van der Waals surface area contributed by atoms with Crippen LogP contribution in [0.5, 0.6) is 23.5 Å². The third kappa shape index (κ3) is 3.38. The largest absolute Gasteiger partial charge is 0.481 e. The SMILES string of the molecule is COc1cc(OC)nc(Oc2cc(C(=O)O)ccc2C)n1. The van der Waals surface area contributed by atoms with Gasteiger partial charge >= 0.3 is 12.0 Å². The summed E-state index contributed by atoms with van der Waals surface area (Å²) in [5.41, 5.74) is 0.871. The van der Waals surface area contributed by atoms with E-state index in [0.29, 0.717) is 5.75 Å². The van der Waals surface area contributed by atoms with Gasteiger partial charge in [0.1, 0.15) is 5.75 Å². The second kappa shape index (κ2) is 6.08. The first-order valence-electron chi connectivity index (χ1n) is 6.02. The summed E-state index contributed by atoms with van der Waals surface area (Å²) in [6.07, 6.45) is 0. The highest BCUT2D eigenvalue weighted by Gasteiger charge is 2.11. The van der Waals surface area contributed by atoms with Crippen LogP contribution in [0.3, 0.4) is 0 Å². The van der Waals surface area contributed by atoms with E-state index in [0.717, 1.165) is 5.56 Å². The van der Waals surface area contributed by atoms with Crippen molar-refractivity contribution in [3.63, 3.8) is 0 Å². The van der Waals surface area contributed by atoms with Crippen molar-refractivity contribution in [1.82, 2.24) is 9.97 Å². The number of aromatic nitrogens is 2. The lowest BCUT2D eigenvalue weighted by Crippen LogP contribution is -2.01. The van der Waals surface area contributed by atoms with Crippen molar-refractivity contribution in [2.45, 2.75) is 6.92 Å². The monoisotopic (exact) mass is 290 g/mol. The fraction of sp³-hybridized carbons (Fsp3) is 0.214. The highest BCUT2D eigenvalue weighted by Crippen LogP contribution is 2.27. The first-order chi connectivity index (χ1) is 10.0. The normalized spacial score (nSPS) is 10.0. The van der Waals surface area contributed by atoms with Gasteiger partial charge in [-0.3, -0.25) is 0 Å². The predicted molar refractivity (Wildman–Crippen MR) is 73.3 cm³/mol. The Balaban J connectivity index is 2.37. The summed E-state index contributed by atoms with van der Waals surface area (Å²) in [4.78, 5) is 19.0. The Labute approximate surface area is 121 Å². The van der Waals surface area contributed by atoms with Crippen LogP contribution in [-0.4, -0.2) is 35.3 Å². The minimum absolute atomic E-state index is 0.0110. The lowest BCUT2D eigenvalue weighted by molar-refractivity contribution is 0.0696. The molecule has 110 valence electrons. The number of hydrogen-bond acceptors (Lipinski definition) is 6. The standard InChI is InChI=1S/C14H14N2O5/c1-8-4-5-9(13(17)18)6-10(8)21-14-15-11(19-2)7-12(16-14)20-3/h4-7H,1-3H3,(H,17,18). The smallest absolute Gasteiger partial charge is 0.335 e. The Bertz CT molecular complexity index is 650. The maximum absolute atomic E-state index is 11.0. The summed E-state index contributed by atoms with van der Waals surface area (Å²) in [6, 6.07) is 6.07. The van der Waals surface area contributed by atoms with Gasteiger partial charge < -0.3 is 19.3 Å². The second-order valence-electron chi connectivity index (χ2n) is 4.12. The number of aromatic carboxylic acids is 1. The number of carbonyl (C=O) groups is 1. The first kappa shape index (κ1) is 14.6. The zero-order valence-electron chi connectivity index (χ0n) is 11.8. The molecule has 2 rings (SSSR count). The van der Waals surface area contributed by atoms with Gasteiger partial charge in [0.25, 0.3) is 0 Å². The molecule has 0 aliphatic heterocycles. The zero-order valence-corrected chi connectivity index (χ0v) is 11.8. The average Bonchev–Trinajstić information content (AvgIpc) is 2.48. The van der Waals surface area contributed by atoms with Gasteiger partial charge in [-0.05, 0) is 24.6 Å². The Morgan fingerprint density at radius 2 is 1.71 bits per heavy atom. The molecule has 1 aromatic heterocycles. The lowest BCUT2D eigenvalue weighted by atomic mass is 10.1. The number of rotatable bonds is 5. The lowest BCUT2D eigenvalue weighted by Gasteiger charge is -2.10. The van der Waals surface area contributed by atoms with Crippen LogP contribution in [0.25, 0.3) is 0 Å². The molecule has 0 amide bonds. The van der Waals surface area contributed by atoms with Gasteiger partial charge in [-0.15, -0.1) is 0 Å². The Morgan fingerprint density at radius 1 is 1.10 bits per heavy atom.